The van der Waals surface area contributed by atoms with Crippen molar-refractivity contribution in [3.8, 4) is 5.75 Å². The number of hydrogen-bond donors (Lipinski definition) is 0. The van der Waals surface area contributed by atoms with E-state index in [9.17, 15) is 4.79 Å². The number of nitrogens with zero attached hydrogens (tertiary/aromatic N) is 2. The summed E-state index contributed by atoms with van der Waals surface area (Å²) in [6.45, 7) is 9.18. The van der Waals surface area contributed by atoms with Crippen LogP contribution in [0.25, 0.3) is 0 Å². The van der Waals surface area contributed by atoms with E-state index in [2.05, 4.69) is 4.98 Å². The van der Waals surface area contributed by atoms with E-state index in [0.29, 0.717) is 10.9 Å². The van der Waals surface area contributed by atoms with E-state index in [1.807, 2.05) is 38.7 Å². The summed E-state index contributed by atoms with van der Waals surface area (Å²) in [5, 5.41) is 0.465. The monoisotopic (exact) mass is 326 g/mol. The highest BCUT2D eigenvalue weighted by molar-refractivity contribution is 6.30. The van der Waals surface area contributed by atoms with E-state index < -0.39 is 11.8 Å². The molecule has 0 amide bonds. The van der Waals surface area contributed by atoms with Crippen molar-refractivity contribution in [3.05, 3.63) is 23.0 Å². The third-order valence-electron chi connectivity index (χ3n) is 3.35. The molecule has 1 aliphatic heterocycles. The number of aromatic nitrogens is 1. The predicted molar refractivity (Wildman–Crippen MR) is 85.1 cm³/mol. The maximum Gasteiger partial charge on any atom is 0.363 e. The Hall–Kier alpha value is -1.33. The summed E-state index contributed by atoms with van der Waals surface area (Å²) in [6, 6.07) is 1.83. The summed E-state index contributed by atoms with van der Waals surface area (Å²) in [6.07, 6.45) is 2.62. The Morgan fingerprint density at radius 3 is 2.64 bits per heavy atom. The highest BCUT2D eigenvalue weighted by atomic mass is 35.5. The van der Waals surface area contributed by atoms with Crippen LogP contribution in [0, 0.1) is 0 Å². The Kier molecular flexibility index (Phi) is 5.29. The minimum absolute atomic E-state index is 0.375. The van der Waals surface area contributed by atoms with Crippen molar-refractivity contribution in [3.63, 3.8) is 0 Å². The van der Waals surface area contributed by atoms with Gasteiger partial charge in [0.15, 0.2) is 0 Å². The summed E-state index contributed by atoms with van der Waals surface area (Å²) in [4.78, 5) is 18.4. The van der Waals surface area contributed by atoms with Gasteiger partial charge in [-0.2, -0.15) is 0 Å². The van der Waals surface area contributed by atoms with Gasteiger partial charge in [0.05, 0.1) is 6.20 Å². The second-order valence-corrected chi connectivity index (χ2v) is 6.73. The first kappa shape index (κ1) is 17.0. The molecule has 5 nitrogen and oxygen atoms in total. The zero-order valence-corrected chi connectivity index (χ0v) is 14.3. The van der Waals surface area contributed by atoms with Crippen LogP contribution in [0.3, 0.4) is 0 Å². The molecule has 0 aromatic carbocycles. The summed E-state index contributed by atoms with van der Waals surface area (Å²) in [5.74, 6) is 0.157. The van der Waals surface area contributed by atoms with Crippen molar-refractivity contribution >= 4 is 17.6 Å². The van der Waals surface area contributed by atoms with Crippen molar-refractivity contribution in [1.82, 2.24) is 9.88 Å². The van der Waals surface area contributed by atoms with Crippen molar-refractivity contribution in [2.75, 3.05) is 13.1 Å². The molecule has 1 aliphatic rings. The number of esters is 1. The fourth-order valence-corrected chi connectivity index (χ4v) is 2.35. The SMILES string of the molecule is CCc1cc(OC(C(=O)OC(C)(C)C)N2CCC2)cnc1Cl. The predicted octanol–water partition coefficient (Wildman–Crippen LogP) is 3.05. The Labute approximate surface area is 136 Å². The van der Waals surface area contributed by atoms with Gasteiger partial charge in [0.2, 0.25) is 0 Å². The molecule has 0 bridgehead atoms. The van der Waals surface area contributed by atoms with Gasteiger partial charge in [0.1, 0.15) is 16.5 Å². The minimum atomic E-state index is -0.736. The van der Waals surface area contributed by atoms with Crippen LogP contribution in [0.15, 0.2) is 12.3 Å². The standard InChI is InChI=1S/C16H23ClN2O3/c1-5-11-9-12(10-18-13(11)17)21-14(19-7-6-8-19)15(20)22-16(2,3)4/h9-10,14H,5-8H2,1-4H3. The maximum absolute atomic E-state index is 12.4. The minimum Gasteiger partial charge on any atom is -0.462 e. The van der Waals surface area contributed by atoms with Crippen LogP contribution in [0.2, 0.25) is 5.15 Å². The van der Waals surface area contributed by atoms with Crippen LogP contribution in [-0.4, -0.2) is 40.8 Å². The molecule has 1 atom stereocenters. The van der Waals surface area contributed by atoms with E-state index in [-0.39, 0.29) is 5.97 Å². The lowest BCUT2D eigenvalue weighted by molar-refractivity contribution is -0.176. The topological polar surface area (TPSA) is 51.7 Å². The van der Waals surface area contributed by atoms with Gasteiger partial charge in [-0.1, -0.05) is 18.5 Å². The van der Waals surface area contributed by atoms with Crippen molar-refractivity contribution < 1.29 is 14.3 Å². The summed E-state index contributed by atoms with van der Waals surface area (Å²) < 4.78 is 11.3. The lowest BCUT2D eigenvalue weighted by Gasteiger charge is -2.37. The van der Waals surface area contributed by atoms with Crippen LogP contribution in [0.1, 0.15) is 39.7 Å². The fraction of sp³-hybridized carbons (Fsp3) is 0.625. The van der Waals surface area contributed by atoms with Crippen LogP contribution in [0.4, 0.5) is 0 Å². The zero-order valence-electron chi connectivity index (χ0n) is 13.6. The average Bonchev–Trinajstić information content (AvgIpc) is 2.36. The Balaban J connectivity index is 2.14. The number of pyridine rings is 1. The first-order valence-electron chi connectivity index (χ1n) is 7.58. The second kappa shape index (κ2) is 6.84. The number of carbonyl (C=O) groups is 1. The van der Waals surface area contributed by atoms with Crippen LogP contribution in [0.5, 0.6) is 5.75 Å². The third kappa shape index (κ3) is 4.34. The molecule has 1 aromatic rings. The number of likely N-dealkylation sites (tertiary alicyclic amines) is 1. The number of rotatable bonds is 5. The Bertz CT molecular complexity index is 539. The van der Waals surface area contributed by atoms with E-state index in [4.69, 9.17) is 21.1 Å². The molecule has 2 heterocycles. The Morgan fingerprint density at radius 1 is 1.45 bits per heavy atom. The molecule has 1 aromatic heterocycles. The number of hydrogen-bond acceptors (Lipinski definition) is 5. The van der Waals surface area contributed by atoms with Crippen LogP contribution >= 0.6 is 11.6 Å². The molecule has 2 rings (SSSR count). The summed E-state index contributed by atoms with van der Waals surface area (Å²) in [7, 11) is 0. The maximum atomic E-state index is 12.4. The molecule has 0 spiro atoms. The van der Waals surface area contributed by atoms with Gasteiger partial charge in [-0.05, 0) is 45.2 Å². The van der Waals surface area contributed by atoms with Crippen LogP contribution < -0.4 is 4.74 Å². The molecule has 122 valence electrons. The molecular formula is C16H23ClN2O3. The Morgan fingerprint density at radius 2 is 2.14 bits per heavy atom. The highest BCUT2D eigenvalue weighted by Crippen LogP contribution is 2.24. The molecule has 0 saturated carbocycles. The molecule has 6 heteroatoms. The lowest BCUT2D eigenvalue weighted by atomic mass is 10.2. The van der Waals surface area contributed by atoms with Gasteiger partial charge in [-0.3, -0.25) is 4.90 Å². The first-order valence-corrected chi connectivity index (χ1v) is 7.96. The number of ether oxygens (including phenoxy) is 2. The van der Waals surface area contributed by atoms with Gasteiger partial charge in [0.25, 0.3) is 6.23 Å². The molecule has 1 saturated heterocycles. The van der Waals surface area contributed by atoms with Gasteiger partial charge in [-0.15, -0.1) is 0 Å². The van der Waals surface area contributed by atoms with Crippen molar-refractivity contribution in [1.29, 1.82) is 0 Å². The van der Waals surface area contributed by atoms with E-state index in [0.717, 1.165) is 31.5 Å². The largest absolute Gasteiger partial charge is 0.462 e. The van der Waals surface area contributed by atoms with Gasteiger partial charge in [-0.25, -0.2) is 9.78 Å². The van der Waals surface area contributed by atoms with Crippen molar-refractivity contribution in [2.45, 2.75) is 52.4 Å². The second-order valence-electron chi connectivity index (χ2n) is 6.37. The van der Waals surface area contributed by atoms with Crippen LogP contribution in [-0.2, 0) is 16.0 Å². The zero-order chi connectivity index (χ0) is 16.3. The van der Waals surface area contributed by atoms with E-state index in [1.54, 1.807) is 6.20 Å². The van der Waals surface area contributed by atoms with Gasteiger partial charge >= 0.3 is 5.97 Å². The quantitative estimate of drug-likeness (QED) is 0.615. The fourth-order valence-electron chi connectivity index (χ4n) is 2.11. The summed E-state index contributed by atoms with van der Waals surface area (Å²) in [5.41, 5.74) is 0.349. The lowest BCUT2D eigenvalue weighted by Crippen LogP contribution is -2.53. The average molecular weight is 327 g/mol. The van der Waals surface area contributed by atoms with Gasteiger partial charge < -0.3 is 9.47 Å². The first-order chi connectivity index (χ1) is 10.3. The molecule has 1 unspecified atom stereocenters. The highest BCUT2D eigenvalue weighted by Gasteiger charge is 2.35. The molecule has 1 fully saturated rings. The molecule has 22 heavy (non-hydrogen) atoms. The summed E-state index contributed by atoms with van der Waals surface area (Å²) >= 11 is 6.01. The number of aryl methyl sites for hydroxylation is 1. The number of halogens is 1. The third-order valence-corrected chi connectivity index (χ3v) is 3.69. The number of carbonyl (C=O) groups excluding carboxylic acids is 1. The molecule has 0 N–H and O–H groups in total. The molecular weight excluding hydrogens is 304 g/mol. The normalized spacial score (nSPS) is 16.8. The van der Waals surface area contributed by atoms with Crippen molar-refractivity contribution in [2.24, 2.45) is 0 Å². The smallest absolute Gasteiger partial charge is 0.363 e. The molecule has 0 aliphatic carbocycles. The molecule has 0 radical (unpaired) electrons. The van der Waals surface area contributed by atoms with E-state index in [1.165, 1.54) is 0 Å². The van der Waals surface area contributed by atoms with Gasteiger partial charge in [0, 0.05) is 13.1 Å². The van der Waals surface area contributed by atoms with E-state index >= 15 is 0 Å².